The number of nitrogens with zero attached hydrogens (tertiary/aromatic N) is 3. The molecule has 0 atom stereocenters. The molecule has 3 heteroatoms. The van der Waals surface area contributed by atoms with Crippen LogP contribution < -0.4 is 4.57 Å². The molecule has 2 aromatic rings. The first-order chi connectivity index (χ1) is 8.36. The van der Waals surface area contributed by atoms with Crippen LogP contribution >= 0.6 is 0 Å². The Hall–Kier alpha value is -2.08. The first-order valence-corrected chi connectivity index (χ1v) is 5.82. The average Bonchev–Trinajstić information content (AvgIpc) is 2.70. The van der Waals surface area contributed by atoms with Crippen molar-refractivity contribution in [2.45, 2.75) is 25.9 Å². The summed E-state index contributed by atoms with van der Waals surface area (Å²) in [7, 11) is 0. The van der Waals surface area contributed by atoms with E-state index in [2.05, 4.69) is 40.2 Å². The van der Waals surface area contributed by atoms with Gasteiger partial charge in [0.15, 0.2) is 11.0 Å². The molecule has 17 heavy (non-hydrogen) atoms. The summed E-state index contributed by atoms with van der Waals surface area (Å²) in [5, 5.41) is 8.57. The number of benzene rings is 1. The highest BCUT2D eigenvalue weighted by Gasteiger charge is 2.13. The van der Waals surface area contributed by atoms with E-state index < -0.39 is 0 Å². The highest BCUT2D eigenvalue weighted by Crippen LogP contribution is 2.10. The molecule has 1 heterocycles. The van der Waals surface area contributed by atoms with E-state index in [1.165, 1.54) is 11.0 Å². The third-order valence-electron chi connectivity index (χ3n) is 2.79. The van der Waals surface area contributed by atoms with Crippen LogP contribution in [0.5, 0.6) is 0 Å². The molecule has 0 N–H and O–H groups in total. The minimum absolute atomic E-state index is 0.605. The molecule has 0 aliphatic carbocycles. The van der Waals surface area contributed by atoms with Crippen LogP contribution in [0.4, 0.5) is 0 Å². The van der Waals surface area contributed by atoms with Crippen molar-refractivity contribution in [3.05, 3.63) is 43.2 Å². The molecule has 0 saturated heterocycles. The number of unbranched alkanes of at least 4 members (excludes halogenated alkanes) is 1. The largest absolute Gasteiger partial charge is 0.245 e. The van der Waals surface area contributed by atoms with Crippen molar-refractivity contribution < 1.29 is 4.57 Å². The molecule has 0 unspecified atom stereocenters. The summed E-state index contributed by atoms with van der Waals surface area (Å²) in [4.78, 5) is 0. The Labute approximate surface area is 101 Å². The van der Waals surface area contributed by atoms with Gasteiger partial charge in [-0.05, 0) is 18.6 Å². The van der Waals surface area contributed by atoms with Crippen LogP contribution in [0.3, 0.4) is 0 Å². The van der Waals surface area contributed by atoms with E-state index in [0.717, 1.165) is 19.5 Å². The zero-order valence-electron chi connectivity index (χ0n) is 9.84. The van der Waals surface area contributed by atoms with E-state index in [4.69, 9.17) is 5.26 Å². The first kappa shape index (κ1) is 11.4. The van der Waals surface area contributed by atoms with Crippen molar-refractivity contribution in [2.24, 2.45) is 0 Å². The zero-order chi connectivity index (χ0) is 12.1. The number of para-hydroxylation sites is 2. The minimum Gasteiger partial charge on any atom is -0.230 e. The molecule has 3 nitrogen and oxygen atoms in total. The third-order valence-corrected chi connectivity index (χ3v) is 2.79. The number of aromatic nitrogens is 2. The van der Waals surface area contributed by atoms with Gasteiger partial charge in [-0.15, -0.1) is 0 Å². The number of rotatable bonds is 5. The summed E-state index contributed by atoms with van der Waals surface area (Å²) in [5.74, 6) is 0. The first-order valence-electron chi connectivity index (χ1n) is 5.82. The van der Waals surface area contributed by atoms with E-state index in [-0.39, 0.29) is 0 Å². The molecule has 0 aliphatic rings. The van der Waals surface area contributed by atoms with Gasteiger partial charge in [-0.2, -0.15) is 5.26 Å². The Morgan fingerprint density at radius 2 is 2.24 bits per heavy atom. The van der Waals surface area contributed by atoms with Crippen molar-refractivity contribution in [3.8, 4) is 6.07 Å². The predicted molar refractivity (Wildman–Crippen MR) is 67.2 cm³/mol. The lowest BCUT2D eigenvalue weighted by atomic mass is 10.3. The lowest BCUT2D eigenvalue weighted by Gasteiger charge is -1.93. The normalized spacial score (nSPS) is 10.3. The number of imidazole rings is 1. The number of nitriles is 1. The van der Waals surface area contributed by atoms with E-state index in [9.17, 15) is 0 Å². The molecule has 0 saturated carbocycles. The van der Waals surface area contributed by atoms with Crippen LogP contribution in [-0.4, -0.2) is 4.57 Å². The molecule has 0 bridgehead atoms. The standard InChI is InChI=1S/C14H16N3/c1-2-10-16-12-17(11-6-5-9-15)14-8-4-3-7-13(14)16/h2-4,7-8,12H,1,5-6,10-11H2/q+1. The molecule has 0 amide bonds. The fourth-order valence-electron chi connectivity index (χ4n) is 2.03. The zero-order valence-corrected chi connectivity index (χ0v) is 9.84. The lowest BCUT2D eigenvalue weighted by molar-refractivity contribution is -0.672. The topological polar surface area (TPSA) is 32.6 Å². The van der Waals surface area contributed by atoms with Crippen molar-refractivity contribution in [2.75, 3.05) is 0 Å². The van der Waals surface area contributed by atoms with Gasteiger partial charge in [-0.25, -0.2) is 9.13 Å². The van der Waals surface area contributed by atoms with Gasteiger partial charge >= 0.3 is 0 Å². The number of aryl methyl sites for hydroxylation is 1. The molecule has 2 rings (SSSR count). The van der Waals surface area contributed by atoms with Gasteiger partial charge in [0.1, 0.15) is 6.54 Å². The third kappa shape index (κ3) is 2.36. The predicted octanol–water partition coefficient (Wildman–Crippen LogP) is 2.42. The van der Waals surface area contributed by atoms with Crippen LogP contribution in [0.2, 0.25) is 0 Å². The molecule has 0 spiro atoms. The second-order valence-electron chi connectivity index (χ2n) is 4.00. The maximum Gasteiger partial charge on any atom is 0.245 e. The lowest BCUT2D eigenvalue weighted by Crippen LogP contribution is -2.32. The number of allylic oxidation sites excluding steroid dienone is 1. The highest BCUT2D eigenvalue weighted by molar-refractivity contribution is 5.71. The molecular formula is C14H16N3+. The smallest absolute Gasteiger partial charge is 0.230 e. The maximum atomic E-state index is 8.57. The summed E-state index contributed by atoms with van der Waals surface area (Å²) >= 11 is 0. The number of hydrogen-bond acceptors (Lipinski definition) is 1. The van der Waals surface area contributed by atoms with Crippen molar-refractivity contribution >= 4 is 11.0 Å². The summed E-state index contributed by atoms with van der Waals surface area (Å²) < 4.78 is 4.38. The molecular weight excluding hydrogens is 210 g/mol. The summed E-state index contributed by atoms with van der Waals surface area (Å²) in [5.41, 5.74) is 2.43. The van der Waals surface area contributed by atoms with Crippen LogP contribution in [-0.2, 0) is 13.1 Å². The fourth-order valence-corrected chi connectivity index (χ4v) is 2.03. The second kappa shape index (κ2) is 5.31. The summed E-state index contributed by atoms with van der Waals surface area (Å²) in [6.07, 6.45) is 5.49. The Bertz CT molecular complexity index is 560. The maximum absolute atomic E-state index is 8.57. The van der Waals surface area contributed by atoms with Gasteiger partial charge in [-0.1, -0.05) is 24.8 Å². The Morgan fingerprint density at radius 1 is 1.41 bits per heavy atom. The summed E-state index contributed by atoms with van der Waals surface area (Å²) in [6, 6.07) is 10.5. The Balaban J connectivity index is 2.35. The number of fused-ring (bicyclic) bond motifs is 1. The van der Waals surface area contributed by atoms with Gasteiger partial charge in [0.05, 0.1) is 12.6 Å². The Morgan fingerprint density at radius 3 is 3.00 bits per heavy atom. The van der Waals surface area contributed by atoms with Gasteiger partial charge < -0.3 is 0 Å². The van der Waals surface area contributed by atoms with Crippen molar-refractivity contribution in [1.82, 2.24) is 4.57 Å². The number of hydrogen-bond donors (Lipinski definition) is 0. The fraction of sp³-hybridized carbons (Fsp3) is 0.286. The second-order valence-corrected chi connectivity index (χ2v) is 4.00. The average molecular weight is 226 g/mol. The molecule has 1 aromatic heterocycles. The minimum atomic E-state index is 0.605. The van der Waals surface area contributed by atoms with Gasteiger partial charge in [0, 0.05) is 6.42 Å². The van der Waals surface area contributed by atoms with E-state index in [1.807, 2.05) is 18.2 Å². The van der Waals surface area contributed by atoms with E-state index in [0.29, 0.717) is 6.42 Å². The van der Waals surface area contributed by atoms with Crippen LogP contribution in [0.25, 0.3) is 11.0 Å². The quantitative estimate of drug-likeness (QED) is 0.438. The molecule has 0 radical (unpaired) electrons. The van der Waals surface area contributed by atoms with Crippen LogP contribution in [0.15, 0.2) is 43.2 Å². The monoisotopic (exact) mass is 226 g/mol. The molecule has 86 valence electrons. The summed E-state index contributed by atoms with van der Waals surface area (Å²) in [6.45, 7) is 5.47. The molecule has 1 aromatic carbocycles. The highest BCUT2D eigenvalue weighted by atomic mass is 15.1. The van der Waals surface area contributed by atoms with E-state index in [1.54, 1.807) is 0 Å². The van der Waals surface area contributed by atoms with Gasteiger partial charge in [-0.3, -0.25) is 0 Å². The van der Waals surface area contributed by atoms with Gasteiger partial charge in [0.25, 0.3) is 0 Å². The van der Waals surface area contributed by atoms with Crippen molar-refractivity contribution in [3.63, 3.8) is 0 Å². The SMILES string of the molecule is C=CCn1c[n+](CCCC#N)c2ccccc21. The van der Waals surface area contributed by atoms with E-state index >= 15 is 0 Å². The van der Waals surface area contributed by atoms with Gasteiger partial charge in [0.2, 0.25) is 6.33 Å². The van der Waals surface area contributed by atoms with Crippen molar-refractivity contribution in [1.29, 1.82) is 5.26 Å². The van der Waals surface area contributed by atoms with Crippen LogP contribution in [0.1, 0.15) is 12.8 Å². The molecule has 0 aliphatic heterocycles. The Kier molecular flexibility index (Phi) is 3.56. The van der Waals surface area contributed by atoms with Crippen LogP contribution in [0, 0.1) is 11.3 Å². The molecule has 0 fully saturated rings.